The van der Waals surface area contributed by atoms with Crippen LogP contribution in [0.5, 0.6) is 0 Å². The van der Waals surface area contributed by atoms with Gasteiger partial charge in [-0.1, -0.05) is 0 Å². The predicted octanol–water partition coefficient (Wildman–Crippen LogP) is 2.26. The lowest BCUT2D eigenvalue weighted by Crippen LogP contribution is -1.98. The van der Waals surface area contributed by atoms with Crippen molar-refractivity contribution in [2.24, 2.45) is 0 Å². The Morgan fingerprint density at radius 3 is 2.73 bits per heavy atom. The number of carbonyl (C=O) groups excluding carboxylic acids is 1. The van der Waals surface area contributed by atoms with Gasteiger partial charge in [-0.05, 0) is 25.0 Å². The zero-order valence-corrected chi connectivity index (χ0v) is 8.20. The van der Waals surface area contributed by atoms with Gasteiger partial charge in [0.05, 0.1) is 4.92 Å². The molecule has 1 aromatic carbocycles. The Hall–Kier alpha value is -1.78. The van der Waals surface area contributed by atoms with E-state index in [2.05, 4.69) is 0 Å². The smallest absolute Gasteiger partial charge is 0.269 e. The van der Waals surface area contributed by atoms with Crippen LogP contribution in [0.1, 0.15) is 18.9 Å². The molecule has 0 amide bonds. The van der Waals surface area contributed by atoms with Crippen LogP contribution >= 0.6 is 0 Å². The molecule has 0 N–H and O–H groups in total. The molecule has 0 saturated carbocycles. The Labute approximate surface area is 85.9 Å². The van der Waals surface area contributed by atoms with Crippen molar-refractivity contribution < 1.29 is 14.1 Å². The third kappa shape index (κ3) is 3.12. The van der Waals surface area contributed by atoms with E-state index in [0.29, 0.717) is 0 Å². The Morgan fingerprint density at radius 2 is 2.20 bits per heavy atom. The maximum atomic E-state index is 13.1. The number of nitro benzene ring substituents is 1. The van der Waals surface area contributed by atoms with Gasteiger partial charge in [0.15, 0.2) is 0 Å². The number of hydrogen-bond acceptors (Lipinski definition) is 3. The lowest BCUT2D eigenvalue weighted by molar-refractivity contribution is -0.385. The fraction of sp³-hybridized carbons (Fsp3) is 0.300. The average Bonchev–Trinajstić information content (AvgIpc) is 2.16. The molecule has 0 aliphatic rings. The lowest BCUT2D eigenvalue weighted by Gasteiger charge is -2.01. The number of carbonyl (C=O) groups is 1. The summed E-state index contributed by atoms with van der Waals surface area (Å²) in [5, 5.41) is 10.4. The van der Waals surface area contributed by atoms with E-state index in [1.165, 1.54) is 6.92 Å². The van der Waals surface area contributed by atoms with Crippen LogP contribution in [0.25, 0.3) is 0 Å². The van der Waals surface area contributed by atoms with Crippen LogP contribution < -0.4 is 0 Å². The molecule has 0 fully saturated rings. The number of nitro groups is 1. The first kappa shape index (κ1) is 11.3. The zero-order valence-electron chi connectivity index (χ0n) is 8.20. The Morgan fingerprint density at radius 1 is 1.53 bits per heavy atom. The highest BCUT2D eigenvalue weighted by atomic mass is 19.1. The molecular weight excluding hydrogens is 201 g/mol. The highest BCUT2D eigenvalue weighted by Gasteiger charge is 2.10. The van der Waals surface area contributed by atoms with Gasteiger partial charge in [0.1, 0.15) is 11.6 Å². The summed E-state index contributed by atoms with van der Waals surface area (Å²) in [6, 6.07) is 3.32. The van der Waals surface area contributed by atoms with E-state index < -0.39 is 10.7 Å². The number of rotatable bonds is 4. The quantitative estimate of drug-likeness (QED) is 0.566. The van der Waals surface area contributed by atoms with Crippen molar-refractivity contribution >= 4 is 11.5 Å². The first-order valence-corrected chi connectivity index (χ1v) is 4.43. The standard InChI is InChI=1S/C10H10FNO3/c1-7(13)2-3-8-6-9(12(14)15)4-5-10(8)11/h4-6H,2-3H2,1H3. The summed E-state index contributed by atoms with van der Waals surface area (Å²) in [5.74, 6) is -0.581. The van der Waals surface area contributed by atoms with Crippen molar-refractivity contribution in [1.29, 1.82) is 0 Å². The molecular formula is C10H10FNO3. The summed E-state index contributed by atoms with van der Waals surface area (Å²) < 4.78 is 13.1. The van der Waals surface area contributed by atoms with Crippen LogP contribution in [0.4, 0.5) is 10.1 Å². The van der Waals surface area contributed by atoms with Gasteiger partial charge in [-0.3, -0.25) is 10.1 Å². The molecule has 0 aliphatic carbocycles. The Bertz CT molecular complexity index is 404. The SMILES string of the molecule is CC(=O)CCc1cc([N+](=O)[O-])ccc1F. The van der Waals surface area contributed by atoms with Gasteiger partial charge in [-0.2, -0.15) is 0 Å². The van der Waals surface area contributed by atoms with Gasteiger partial charge in [-0.25, -0.2) is 4.39 Å². The summed E-state index contributed by atoms with van der Waals surface area (Å²) >= 11 is 0. The van der Waals surface area contributed by atoms with Crippen molar-refractivity contribution in [3.8, 4) is 0 Å². The van der Waals surface area contributed by atoms with Crippen molar-refractivity contribution in [3.05, 3.63) is 39.7 Å². The van der Waals surface area contributed by atoms with Crippen LogP contribution in [0.3, 0.4) is 0 Å². The molecule has 1 rings (SSSR count). The van der Waals surface area contributed by atoms with Crippen LogP contribution in [0, 0.1) is 15.9 Å². The number of nitrogens with zero attached hydrogens (tertiary/aromatic N) is 1. The van der Waals surface area contributed by atoms with E-state index in [4.69, 9.17) is 0 Å². The van der Waals surface area contributed by atoms with Crippen molar-refractivity contribution in [3.63, 3.8) is 0 Å². The second-order valence-electron chi connectivity index (χ2n) is 3.23. The van der Waals surface area contributed by atoms with Crippen LogP contribution in [-0.2, 0) is 11.2 Å². The maximum Gasteiger partial charge on any atom is 0.269 e. The lowest BCUT2D eigenvalue weighted by atomic mass is 10.1. The molecule has 1 aromatic rings. The molecule has 0 radical (unpaired) electrons. The largest absolute Gasteiger partial charge is 0.300 e. The topological polar surface area (TPSA) is 60.2 Å². The molecule has 0 heterocycles. The zero-order chi connectivity index (χ0) is 11.4. The third-order valence-electron chi connectivity index (χ3n) is 1.99. The van der Waals surface area contributed by atoms with E-state index in [-0.39, 0.29) is 29.9 Å². The highest BCUT2D eigenvalue weighted by molar-refractivity contribution is 5.75. The monoisotopic (exact) mass is 211 g/mol. The molecule has 0 spiro atoms. The minimum Gasteiger partial charge on any atom is -0.300 e. The molecule has 0 aromatic heterocycles. The number of Topliss-reactive ketones (excluding diaryl/α,β-unsaturated/α-hetero) is 1. The molecule has 0 atom stereocenters. The highest BCUT2D eigenvalue weighted by Crippen LogP contribution is 2.18. The molecule has 15 heavy (non-hydrogen) atoms. The van der Waals surface area contributed by atoms with Crippen molar-refractivity contribution in [2.45, 2.75) is 19.8 Å². The molecule has 4 nitrogen and oxygen atoms in total. The summed E-state index contributed by atoms with van der Waals surface area (Å²) in [7, 11) is 0. The fourth-order valence-electron chi connectivity index (χ4n) is 1.18. The fourth-order valence-corrected chi connectivity index (χ4v) is 1.18. The van der Waals surface area contributed by atoms with E-state index in [9.17, 15) is 19.3 Å². The maximum absolute atomic E-state index is 13.1. The third-order valence-corrected chi connectivity index (χ3v) is 1.99. The van der Waals surface area contributed by atoms with Crippen molar-refractivity contribution in [2.75, 3.05) is 0 Å². The second kappa shape index (κ2) is 4.63. The average molecular weight is 211 g/mol. The second-order valence-corrected chi connectivity index (χ2v) is 3.23. The van der Waals surface area contributed by atoms with Crippen LogP contribution in [0.15, 0.2) is 18.2 Å². The van der Waals surface area contributed by atoms with Gasteiger partial charge in [0.2, 0.25) is 0 Å². The van der Waals surface area contributed by atoms with Gasteiger partial charge in [0, 0.05) is 18.6 Å². The first-order chi connectivity index (χ1) is 7.00. The molecule has 80 valence electrons. The number of aryl methyl sites for hydroxylation is 1. The van der Waals surface area contributed by atoms with E-state index in [1.807, 2.05) is 0 Å². The number of halogens is 1. The van der Waals surface area contributed by atoms with Gasteiger partial charge >= 0.3 is 0 Å². The molecule has 0 bridgehead atoms. The van der Waals surface area contributed by atoms with Crippen LogP contribution in [0.2, 0.25) is 0 Å². The predicted molar refractivity (Wildman–Crippen MR) is 52.1 cm³/mol. The van der Waals surface area contributed by atoms with E-state index >= 15 is 0 Å². The number of ketones is 1. The molecule has 0 aliphatic heterocycles. The minimum absolute atomic E-state index is 0.0686. The van der Waals surface area contributed by atoms with Crippen LogP contribution in [-0.4, -0.2) is 10.7 Å². The van der Waals surface area contributed by atoms with Gasteiger partial charge in [0.25, 0.3) is 5.69 Å². The van der Waals surface area contributed by atoms with E-state index in [0.717, 1.165) is 18.2 Å². The van der Waals surface area contributed by atoms with Crippen molar-refractivity contribution in [1.82, 2.24) is 0 Å². The van der Waals surface area contributed by atoms with E-state index in [1.54, 1.807) is 0 Å². The Balaban J connectivity index is 2.90. The molecule has 5 heteroatoms. The number of non-ortho nitro benzene ring substituents is 1. The summed E-state index contributed by atoms with van der Waals surface area (Å²) in [5.41, 5.74) is 0.0503. The normalized spacial score (nSPS) is 10.0. The summed E-state index contributed by atoms with van der Waals surface area (Å²) in [6.45, 7) is 1.40. The Kier molecular flexibility index (Phi) is 3.49. The minimum atomic E-state index is -0.587. The van der Waals surface area contributed by atoms with Gasteiger partial charge < -0.3 is 4.79 Å². The molecule has 0 saturated heterocycles. The number of benzene rings is 1. The summed E-state index contributed by atoms with van der Waals surface area (Å²) in [6.07, 6.45) is 0.390. The summed E-state index contributed by atoms with van der Waals surface area (Å²) in [4.78, 5) is 20.5. The molecule has 0 unspecified atom stereocenters. The van der Waals surface area contributed by atoms with Gasteiger partial charge in [-0.15, -0.1) is 0 Å². The first-order valence-electron chi connectivity index (χ1n) is 4.43. The number of hydrogen-bond donors (Lipinski definition) is 0.